The van der Waals surface area contributed by atoms with Gasteiger partial charge < -0.3 is 24.1 Å². The first kappa shape index (κ1) is 18.3. The fourth-order valence-corrected chi connectivity index (χ4v) is 2.91. The molecule has 0 radical (unpaired) electrons. The normalized spacial score (nSPS) is 12.0. The van der Waals surface area contributed by atoms with E-state index in [1.54, 1.807) is 20.3 Å². The maximum atomic E-state index is 6.31. The summed E-state index contributed by atoms with van der Waals surface area (Å²) < 4.78 is 20.9. The number of para-hydroxylation sites is 1. The van der Waals surface area contributed by atoms with E-state index >= 15 is 0 Å². The Hall–Kier alpha value is -2.03. The molecule has 2 rings (SSSR count). The molecule has 0 spiro atoms. The zero-order valence-corrected chi connectivity index (χ0v) is 14.9. The Kier molecular flexibility index (Phi) is 6.65. The highest BCUT2D eigenvalue weighted by atomic mass is 32.2. The van der Waals surface area contributed by atoms with E-state index in [0.29, 0.717) is 29.9 Å². The number of anilines is 1. The van der Waals surface area contributed by atoms with Crippen LogP contribution in [0.5, 0.6) is 11.8 Å². The minimum atomic E-state index is -0.337. The summed E-state index contributed by atoms with van der Waals surface area (Å²) >= 11 is 1.21. The number of hydrogen-bond acceptors (Lipinski definition) is 8. The van der Waals surface area contributed by atoms with Crippen LogP contribution in [0.1, 0.15) is 22.2 Å². The van der Waals surface area contributed by atoms with Crippen LogP contribution >= 0.6 is 12.0 Å². The molecule has 1 aromatic heterocycles. The van der Waals surface area contributed by atoms with E-state index in [1.165, 1.54) is 26.3 Å². The van der Waals surface area contributed by atoms with Crippen molar-refractivity contribution < 1.29 is 18.4 Å². The Labute approximate surface area is 145 Å². The summed E-state index contributed by atoms with van der Waals surface area (Å²) in [7, 11) is 6.29. The first-order valence-corrected chi connectivity index (χ1v) is 7.97. The highest BCUT2D eigenvalue weighted by Gasteiger charge is 2.24. The van der Waals surface area contributed by atoms with Crippen molar-refractivity contribution in [1.82, 2.24) is 9.97 Å². The van der Waals surface area contributed by atoms with Crippen LogP contribution in [-0.4, -0.2) is 38.4 Å². The molecule has 24 heavy (non-hydrogen) atoms. The molecular weight excluding hydrogens is 330 g/mol. The molecule has 0 saturated heterocycles. The van der Waals surface area contributed by atoms with Crippen molar-refractivity contribution in [1.29, 1.82) is 0 Å². The van der Waals surface area contributed by atoms with Crippen LogP contribution in [-0.2, 0) is 15.5 Å². The number of ether oxygens (including phenoxy) is 3. The summed E-state index contributed by atoms with van der Waals surface area (Å²) in [6.45, 7) is 0.423. The largest absolute Gasteiger partial charge is 0.481 e. The summed E-state index contributed by atoms with van der Waals surface area (Å²) in [5, 5.41) is -0.337. The van der Waals surface area contributed by atoms with Gasteiger partial charge in [-0.05, 0) is 5.56 Å². The van der Waals surface area contributed by atoms with Crippen molar-refractivity contribution in [3.63, 3.8) is 0 Å². The lowest BCUT2D eigenvalue weighted by molar-refractivity contribution is 0.185. The highest BCUT2D eigenvalue weighted by Crippen LogP contribution is 2.39. The van der Waals surface area contributed by atoms with Gasteiger partial charge in [0, 0.05) is 30.4 Å². The third-order valence-corrected chi connectivity index (χ3v) is 4.20. The van der Waals surface area contributed by atoms with Crippen molar-refractivity contribution in [3.8, 4) is 11.8 Å². The molecule has 2 aromatic rings. The topological polar surface area (TPSA) is 88.7 Å². The van der Waals surface area contributed by atoms with Gasteiger partial charge in [0.1, 0.15) is 5.25 Å². The minimum Gasteiger partial charge on any atom is -0.481 e. The third-order valence-electron chi connectivity index (χ3n) is 3.35. The quantitative estimate of drug-likeness (QED) is 0.573. The molecule has 0 aliphatic rings. The first-order valence-electron chi connectivity index (χ1n) is 7.17. The molecule has 1 aromatic carbocycles. The molecule has 1 heterocycles. The van der Waals surface area contributed by atoms with Crippen molar-refractivity contribution in [2.75, 3.05) is 34.2 Å². The summed E-state index contributed by atoms with van der Waals surface area (Å²) in [5.41, 5.74) is 8.67. The molecule has 0 bridgehead atoms. The van der Waals surface area contributed by atoms with E-state index < -0.39 is 0 Å². The number of nitrogens with zero attached hydrogens (tertiary/aromatic N) is 2. The van der Waals surface area contributed by atoms with E-state index in [-0.39, 0.29) is 5.25 Å². The van der Waals surface area contributed by atoms with Gasteiger partial charge in [-0.15, -0.1) is 0 Å². The van der Waals surface area contributed by atoms with E-state index in [2.05, 4.69) is 9.97 Å². The van der Waals surface area contributed by atoms with Gasteiger partial charge in [0.25, 0.3) is 0 Å². The average Bonchev–Trinajstić information content (AvgIpc) is 2.61. The molecule has 0 fully saturated rings. The molecule has 0 amide bonds. The van der Waals surface area contributed by atoms with E-state index in [9.17, 15) is 0 Å². The van der Waals surface area contributed by atoms with E-state index in [4.69, 9.17) is 24.1 Å². The molecule has 1 unspecified atom stereocenters. The summed E-state index contributed by atoms with van der Waals surface area (Å²) in [4.78, 5) is 8.82. The predicted molar refractivity (Wildman–Crippen MR) is 93.1 cm³/mol. The highest BCUT2D eigenvalue weighted by molar-refractivity contribution is 7.95. The molecule has 0 aliphatic heterocycles. The minimum absolute atomic E-state index is 0.337. The lowest BCUT2D eigenvalue weighted by Gasteiger charge is -2.19. The maximum absolute atomic E-state index is 6.31. The zero-order valence-electron chi connectivity index (χ0n) is 14.1. The predicted octanol–water partition coefficient (Wildman–Crippen LogP) is 2.61. The standard InChI is InChI=1S/C16H21N3O4S/c1-20-9-10-6-5-7-11(14(10)17)15(24-23-4)16-18-12(21-2)8-13(19-16)22-3/h5-8,15H,9,17H2,1-4H3. The molecule has 0 aliphatic carbocycles. The molecule has 1 atom stereocenters. The van der Waals surface area contributed by atoms with Gasteiger partial charge in [-0.2, -0.15) is 9.97 Å². The van der Waals surface area contributed by atoms with Crippen LogP contribution < -0.4 is 15.2 Å². The zero-order chi connectivity index (χ0) is 17.5. The third kappa shape index (κ3) is 4.08. The van der Waals surface area contributed by atoms with Gasteiger partial charge in [0.2, 0.25) is 11.8 Å². The number of methoxy groups -OCH3 is 3. The maximum Gasteiger partial charge on any atom is 0.220 e. The van der Waals surface area contributed by atoms with Crippen molar-refractivity contribution in [2.45, 2.75) is 11.9 Å². The lowest BCUT2D eigenvalue weighted by Crippen LogP contribution is -2.09. The number of rotatable bonds is 8. The Morgan fingerprint density at radius 1 is 1.08 bits per heavy atom. The van der Waals surface area contributed by atoms with Crippen molar-refractivity contribution in [2.24, 2.45) is 0 Å². The molecule has 0 saturated carbocycles. The Morgan fingerprint density at radius 2 is 1.75 bits per heavy atom. The van der Waals surface area contributed by atoms with Gasteiger partial charge >= 0.3 is 0 Å². The van der Waals surface area contributed by atoms with Gasteiger partial charge in [-0.3, -0.25) is 0 Å². The molecule has 130 valence electrons. The fourth-order valence-electron chi connectivity index (χ4n) is 2.22. The van der Waals surface area contributed by atoms with Crippen LogP contribution in [0, 0.1) is 0 Å². The van der Waals surface area contributed by atoms with E-state index in [1.807, 2.05) is 18.2 Å². The van der Waals surface area contributed by atoms with Crippen LogP contribution in [0.4, 0.5) is 5.69 Å². The van der Waals surface area contributed by atoms with Crippen LogP contribution in [0.25, 0.3) is 0 Å². The monoisotopic (exact) mass is 351 g/mol. The average molecular weight is 351 g/mol. The van der Waals surface area contributed by atoms with Gasteiger partial charge in [-0.25, -0.2) is 0 Å². The molecule has 2 N–H and O–H groups in total. The number of benzene rings is 1. The van der Waals surface area contributed by atoms with Crippen molar-refractivity contribution >= 4 is 17.7 Å². The molecular formula is C16H21N3O4S. The van der Waals surface area contributed by atoms with Crippen LogP contribution in [0.2, 0.25) is 0 Å². The lowest BCUT2D eigenvalue weighted by atomic mass is 10.0. The van der Waals surface area contributed by atoms with Crippen LogP contribution in [0.3, 0.4) is 0 Å². The smallest absolute Gasteiger partial charge is 0.220 e. The van der Waals surface area contributed by atoms with Gasteiger partial charge in [0.15, 0.2) is 5.82 Å². The number of nitrogen functional groups attached to an aromatic ring is 1. The number of hydrogen-bond donors (Lipinski definition) is 1. The second-order valence-electron chi connectivity index (χ2n) is 4.81. The van der Waals surface area contributed by atoms with Gasteiger partial charge in [0.05, 0.1) is 34.0 Å². The second-order valence-corrected chi connectivity index (χ2v) is 5.80. The number of aromatic nitrogens is 2. The van der Waals surface area contributed by atoms with Gasteiger partial charge in [-0.1, -0.05) is 18.2 Å². The number of nitrogens with two attached hydrogens (primary N) is 1. The fraction of sp³-hybridized carbons (Fsp3) is 0.375. The summed E-state index contributed by atoms with van der Waals surface area (Å²) in [6, 6.07) is 7.37. The van der Waals surface area contributed by atoms with Crippen molar-refractivity contribution in [3.05, 3.63) is 41.2 Å². The Morgan fingerprint density at radius 3 is 2.29 bits per heavy atom. The molecule has 7 nitrogen and oxygen atoms in total. The summed E-state index contributed by atoms with van der Waals surface area (Å²) in [5.74, 6) is 1.30. The SMILES string of the molecule is COCc1cccc(C(SOC)c2nc(OC)cc(OC)n2)c1N. The first-order chi connectivity index (χ1) is 11.6. The molecule has 8 heteroatoms. The Bertz CT molecular complexity index is 662. The van der Waals surface area contributed by atoms with Crippen LogP contribution in [0.15, 0.2) is 24.3 Å². The van der Waals surface area contributed by atoms with E-state index in [0.717, 1.165) is 11.1 Å². The Balaban J connectivity index is 2.52. The summed E-state index contributed by atoms with van der Waals surface area (Å²) in [6.07, 6.45) is 0. The second kappa shape index (κ2) is 8.72.